The minimum absolute atomic E-state index is 0.337. The van der Waals surface area contributed by atoms with Crippen molar-refractivity contribution in [3.05, 3.63) is 0 Å². The molecule has 0 amide bonds. The van der Waals surface area contributed by atoms with Crippen LogP contribution >= 0.6 is 0 Å². The fourth-order valence-corrected chi connectivity index (χ4v) is 3.16. The average molecular weight is 270 g/mol. The molecule has 3 atom stereocenters. The van der Waals surface area contributed by atoms with Gasteiger partial charge in [-0.25, -0.2) is 0 Å². The van der Waals surface area contributed by atoms with E-state index in [1.54, 1.807) is 0 Å². The molecule has 1 saturated heterocycles. The van der Waals surface area contributed by atoms with E-state index in [4.69, 9.17) is 4.74 Å². The summed E-state index contributed by atoms with van der Waals surface area (Å²) in [5.41, 5.74) is 0. The van der Waals surface area contributed by atoms with Crippen LogP contribution in [0, 0.1) is 11.8 Å². The van der Waals surface area contributed by atoms with Gasteiger partial charge >= 0.3 is 0 Å². The normalized spacial score (nSPS) is 27.2. The van der Waals surface area contributed by atoms with Gasteiger partial charge in [-0.05, 0) is 32.1 Å². The van der Waals surface area contributed by atoms with Crippen LogP contribution in [0.4, 0.5) is 0 Å². The van der Waals surface area contributed by atoms with E-state index in [0.717, 1.165) is 25.6 Å². The number of nitrogens with one attached hydrogen (secondary N) is 1. The van der Waals surface area contributed by atoms with E-state index in [9.17, 15) is 0 Å². The molecule has 3 nitrogen and oxygen atoms in total. The maximum absolute atomic E-state index is 5.73. The Hall–Kier alpha value is -0.120. The Morgan fingerprint density at radius 1 is 1.21 bits per heavy atom. The van der Waals surface area contributed by atoms with E-state index >= 15 is 0 Å². The molecular weight excluding hydrogens is 236 g/mol. The summed E-state index contributed by atoms with van der Waals surface area (Å²) >= 11 is 0. The molecule has 0 aromatic heterocycles. The Morgan fingerprint density at radius 3 is 2.42 bits per heavy atom. The Morgan fingerprint density at radius 2 is 1.89 bits per heavy atom. The fourth-order valence-electron chi connectivity index (χ4n) is 3.16. The van der Waals surface area contributed by atoms with E-state index < -0.39 is 0 Å². The summed E-state index contributed by atoms with van der Waals surface area (Å²) in [7, 11) is 0. The van der Waals surface area contributed by atoms with Gasteiger partial charge in [-0.1, -0.05) is 27.7 Å². The van der Waals surface area contributed by atoms with Crippen molar-refractivity contribution in [2.75, 3.05) is 26.2 Å². The van der Waals surface area contributed by atoms with E-state index in [-0.39, 0.29) is 0 Å². The highest BCUT2D eigenvalue weighted by Crippen LogP contribution is 2.19. The van der Waals surface area contributed by atoms with Crippen LogP contribution in [0.2, 0.25) is 0 Å². The lowest BCUT2D eigenvalue weighted by molar-refractivity contribution is 0.00896. The van der Waals surface area contributed by atoms with Crippen LogP contribution in [0.1, 0.15) is 48.0 Å². The number of hydrogen-bond donors (Lipinski definition) is 1. The zero-order chi connectivity index (χ0) is 14.4. The smallest absolute Gasteiger partial charge is 0.0673 e. The Kier molecular flexibility index (Phi) is 7.33. The third kappa shape index (κ3) is 5.80. The monoisotopic (exact) mass is 270 g/mol. The van der Waals surface area contributed by atoms with Gasteiger partial charge in [0.05, 0.1) is 6.10 Å². The molecule has 1 aliphatic rings. The molecule has 1 heterocycles. The summed E-state index contributed by atoms with van der Waals surface area (Å²) in [5, 5.41) is 3.73. The summed E-state index contributed by atoms with van der Waals surface area (Å²) in [6, 6.07) is 1.29. The number of piperazine rings is 1. The molecule has 1 fully saturated rings. The Bertz CT molecular complexity index is 243. The second-order valence-corrected chi connectivity index (χ2v) is 6.77. The van der Waals surface area contributed by atoms with Crippen LogP contribution in [0.5, 0.6) is 0 Å². The topological polar surface area (TPSA) is 24.5 Å². The van der Waals surface area contributed by atoms with Crippen molar-refractivity contribution < 1.29 is 4.74 Å². The molecule has 0 saturated carbocycles. The van der Waals surface area contributed by atoms with Gasteiger partial charge in [0.25, 0.3) is 0 Å². The van der Waals surface area contributed by atoms with Crippen LogP contribution in [0.25, 0.3) is 0 Å². The molecule has 0 radical (unpaired) electrons. The van der Waals surface area contributed by atoms with Gasteiger partial charge in [-0.3, -0.25) is 4.90 Å². The molecule has 3 unspecified atom stereocenters. The first-order chi connectivity index (χ1) is 8.93. The zero-order valence-corrected chi connectivity index (χ0v) is 13.8. The SMILES string of the molecule is CCOC(C)CN1CC(CC(C)C)NCC1C(C)C. The van der Waals surface area contributed by atoms with Gasteiger partial charge in [-0.15, -0.1) is 0 Å². The van der Waals surface area contributed by atoms with Crippen LogP contribution in [0.3, 0.4) is 0 Å². The second-order valence-electron chi connectivity index (χ2n) is 6.77. The molecule has 0 spiro atoms. The van der Waals surface area contributed by atoms with Crippen molar-refractivity contribution in [2.24, 2.45) is 11.8 Å². The minimum Gasteiger partial charge on any atom is -0.377 e. The standard InChI is InChI=1S/C16H34N2O/c1-7-19-14(6)10-18-11-15(8-12(2)3)17-9-16(18)13(4)5/h12-17H,7-11H2,1-6H3. The highest BCUT2D eigenvalue weighted by atomic mass is 16.5. The largest absolute Gasteiger partial charge is 0.377 e. The average Bonchev–Trinajstić information content (AvgIpc) is 2.28. The molecular formula is C16H34N2O. The Balaban J connectivity index is 2.57. The summed E-state index contributed by atoms with van der Waals surface area (Å²) in [6.07, 6.45) is 1.61. The van der Waals surface area contributed by atoms with Crippen molar-refractivity contribution >= 4 is 0 Å². The first kappa shape index (κ1) is 16.9. The summed E-state index contributed by atoms with van der Waals surface area (Å²) < 4.78 is 5.73. The maximum atomic E-state index is 5.73. The maximum Gasteiger partial charge on any atom is 0.0673 e. The number of hydrogen-bond acceptors (Lipinski definition) is 3. The lowest BCUT2D eigenvalue weighted by Gasteiger charge is -2.43. The third-order valence-electron chi connectivity index (χ3n) is 4.01. The molecule has 114 valence electrons. The van der Waals surface area contributed by atoms with Crippen LogP contribution in [0.15, 0.2) is 0 Å². The van der Waals surface area contributed by atoms with Crippen molar-refractivity contribution in [2.45, 2.75) is 66.2 Å². The fraction of sp³-hybridized carbons (Fsp3) is 1.00. The number of nitrogens with zero attached hydrogens (tertiary/aromatic N) is 1. The predicted octanol–water partition coefficient (Wildman–Crippen LogP) is 2.76. The van der Waals surface area contributed by atoms with Gasteiger partial charge < -0.3 is 10.1 Å². The molecule has 1 N–H and O–H groups in total. The van der Waals surface area contributed by atoms with Crippen molar-refractivity contribution in [1.29, 1.82) is 0 Å². The van der Waals surface area contributed by atoms with Crippen molar-refractivity contribution in [3.8, 4) is 0 Å². The van der Waals surface area contributed by atoms with Gasteiger partial charge in [0.1, 0.15) is 0 Å². The molecule has 3 heteroatoms. The summed E-state index contributed by atoms with van der Waals surface area (Å²) in [5.74, 6) is 1.46. The molecule has 0 bridgehead atoms. The molecule has 0 aliphatic carbocycles. The summed E-state index contributed by atoms with van der Waals surface area (Å²) in [6.45, 7) is 17.7. The molecule has 0 aromatic carbocycles. The lowest BCUT2D eigenvalue weighted by Crippen LogP contribution is -2.59. The van der Waals surface area contributed by atoms with Gasteiger partial charge in [0.15, 0.2) is 0 Å². The van der Waals surface area contributed by atoms with Crippen LogP contribution < -0.4 is 5.32 Å². The molecule has 0 aromatic rings. The highest BCUT2D eigenvalue weighted by Gasteiger charge is 2.30. The Labute approximate surface area is 120 Å². The third-order valence-corrected chi connectivity index (χ3v) is 4.01. The first-order valence-corrected chi connectivity index (χ1v) is 8.03. The van der Waals surface area contributed by atoms with Crippen LogP contribution in [-0.2, 0) is 4.74 Å². The van der Waals surface area contributed by atoms with E-state index in [2.05, 4.69) is 51.8 Å². The summed E-state index contributed by atoms with van der Waals surface area (Å²) in [4.78, 5) is 2.65. The first-order valence-electron chi connectivity index (χ1n) is 8.03. The zero-order valence-electron chi connectivity index (χ0n) is 13.8. The van der Waals surface area contributed by atoms with E-state index in [0.29, 0.717) is 24.1 Å². The number of rotatable bonds is 7. The quantitative estimate of drug-likeness (QED) is 0.770. The van der Waals surface area contributed by atoms with Gasteiger partial charge in [0.2, 0.25) is 0 Å². The number of ether oxygens (including phenoxy) is 1. The molecule has 1 aliphatic heterocycles. The van der Waals surface area contributed by atoms with E-state index in [1.165, 1.54) is 13.0 Å². The molecule has 19 heavy (non-hydrogen) atoms. The second kappa shape index (κ2) is 8.23. The van der Waals surface area contributed by atoms with E-state index in [1.807, 2.05) is 0 Å². The van der Waals surface area contributed by atoms with Gasteiger partial charge in [0, 0.05) is 38.3 Å². The van der Waals surface area contributed by atoms with Crippen molar-refractivity contribution in [3.63, 3.8) is 0 Å². The predicted molar refractivity (Wildman–Crippen MR) is 82.5 cm³/mol. The highest BCUT2D eigenvalue weighted by molar-refractivity contribution is 4.88. The lowest BCUT2D eigenvalue weighted by atomic mass is 9.94. The van der Waals surface area contributed by atoms with Crippen molar-refractivity contribution in [1.82, 2.24) is 10.2 Å². The minimum atomic E-state index is 0.337. The van der Waals surface area contributed by atoms with Crippen LogP contribution in [-0.4, -0.2) is 49.3 Å². The molecule has 1 rings (SSSR count). The van der Waals surface area contributed by atoms with Gasteiger partial charge in [-0.2, -0.15) is 0 Å².